The molecule has 0 bridgehead atoms. The van der Waals surface area contributed by atoms with E-state index in [2.05, 4.69) is 9.72 Å². The van der Waals surface area contributed by atoms with Crippen LogP contribution in [0.5, 0.6) is 0 Å². The van der Waals surface area contributed by atoms with E-state index in [-0.39, 0.29) is 12.0 Å². The van der Waals surface area contributed by atoms with Gasteiger partial charge in [0.25, 0.3) is 0 Å². The van der Waals surface area contributed by atoms with Crippen LogP contribution in [0.3, 0.4) is 0 Å². The Kier molecular flexibility index (Phi) is 4.32. The number of hydrogen-bond donors (Lipinski definition) is 1. The van der Waals surface area contributed by atoms with Gasteiger partial charge in [-0.05, 0) is 25.5 Å². The summed E-state index contributed by atoms with van der Waals surface area (Å²) in [7, 11) is 1.37. The van der Waals surface area contributed by atoms with Crippen molar-refractivity contribution in [3.63, 3.8) is 0 Å². The second-order valence-corrected chi connectivity index (χ2v) is 5.12. The fraction of sp³-hybridized carbons (Fsp3) is 0.571. The third-order valence-electron chi connectivity index (χ3n) is 3.66. The standard InChI is InChI=1S/C14H21N3O3/c1-10-8-12(11(2)15-10)9-13(18)16-4-6-17(7-5-16)14(19)20-3/h8,15H,4-7,9H2,1-3H3. The number of nitrogens with one attached hydrogen (secondary N) is 1. The van der Waals surface area contributed by atoms with Crippen LogP contribution in [-0.2, 0) is 16.0 Å². The van der Waals surface area contributed by atoms with Gasteiger partial charge in [-0.3, -0.25) is 4.79 Å². The quantitative estimate of drug-likeness (QED) is 0.881. The SMILES string of the molecule is COC(=O)N1CCN(C(=O)Cc2cc(C)[nH]c2C)CC1. The largest absolute Gasteiger partial charge is 0.453 e. The fourth-order valence-electron chi connectivity index (χ4n) is 2.51. The summed E-state index contributed by atoms with van der Waals surface area (Å²) in [5.74, 6) is 0.108. The first-order valence-electron chi connectivity index (χ1n) is 6.77. The Bertz CT molecular complexity index is 502. The molecule has 0 atom stereocenters. The number of amides is 2. The molecule has 0 aliphatic carbocycles. The molecule has 1 aliphatic heterocycles. The molecule has 1 saturated heterocycles. The minimum atomic E-state index is -0.325. The van der Waals surface area contributed by atoms with Crippen molar-refractivity contribution in [2.45, 2.75) is 20.3 Å². The van der Waals surface area contributed by atoms with Crippen molar-refractivity contribution in [3.05, 3.63) is 23.0 Å². The Morgan fingerprint density at radius 3 is 2.30 bits per heavy atom. The molecule has 1 N–H and O–H groups in total. The number of aryl methyl sites for hydroxylation is 2. The van der Waals surface area contributed by atoms with Gasteiger partial charge in [0, 0.05) is 37.6 Å². The highest BCUT2D eigenvalue weighted by atomic mass is 16.5. The molecule has 2 rings (SSSR count). The summed E-state index contributed by atoms with van der Waals surface area (Å²) in [4.78, 5) is 30.3. The number of piperazine rings is 1. The topological polar surface area (TPSA) is 65.6 Å². The van der Waals surface area contributed by atoms with Crippen LogP contribution in [0, 0.1) is 13.8 Å². The van der Waals surface area contributed by atoms with E-state index in [0.717, 1.165) is 17.0 Å². The molecule has 20 heavy (non-hydrogen) atoms. The Morgan fingerprint density at radius 2 is 1.80 bits per heavy atom. The Balaban J connectivity index is 1.89. The molecular weight excluding hydrogens is 258 g/mol. The summed E-state index contributed by atoms with van der Waals surface area (Å²) < 4.78 is 4.68. The second-order valence-electron chi connectivity index (χ2n) is 5.12. The maximum atomic E-state index is 12.3. The predicted octanol–water partition coefficient (Wildman–Crippen LogP) is 1.08. The summed E-state index contributed by atoms with van der Waals surface area (Å²) in [6.45, 7) is 6.15. The maximum absolute atomic E-state index is 12.3. The zero-order valence-corrected chi connectivity index (χ0v) is 12.2. The van der Waals surface area contributed by atoms with Gasteiger partial charge in [-0.1, -0.05) is 0 Å². The molecular formula is C14H21N3O3. The van der Waals surface area contributed by atoms with Crippen molar-refractivity contribution in [1.29, 1.82) is 0 Å². The van der Waals surface area contributed by atoms with E-state index in [9.17, 15) is 9.59 Å². The molecule has 2 amide bonds. The summed E-state index contributed by atoms with van der Waals surface area (Å²) >= 11 is 0. The highest BCUT2D eigenvalue weighted by Gasteiger charge is 2.24. The van der Waals surface area contributed by atoms with Gasteiger partial charge in [0.2, 0.25) is 5.91 Å². The van der Waals surface area contributed by atoms with Crippen LogP contribution in [0.1, 0.15) is 17.0 Å². The molecule has 1 aromatic heterocycles. The molecule has 1 fully saturated rings. The number of carbonyl (C=O) groups is 2. The van der Waals surface area contributed by atoms with E-state index < -0.39 is 0 Å². The van der Waals surface area contributed by atoms with Crippen molar-refractivity contribution in [2.24, 2.45) is 0 Å². The molecule has 1 aliphatic rings. The zero-order valence-electron chi connectivity index (χ0n) is 12.2. The molecule has 110 valence electrons. The molecule has 1 aromatic rings. The summed E-state index contributed by atoms with van der Waals surface area (Å²) in [6.07, 6.45) is 0.0863. The van der Waals surface area contributed by atoms with Crippen LogP contribution in [0.2, 0.25) is 0 Å². The fourth-order valence-corrected chi connectivity index (χ4v) is 2.51. The van der Waals surface area contributed by atoms with E-state index in [1.54, 1.807) is 9.80 Å². The predicted molar refractivity (Wildman–Crippen MR) is 74.5 cm³/mol. The average Bonchev–Trinajstić information content (AvgIpc) is 2.76. The van der Waals surface area contributed by atoms with Crippen molar-refractivity contribution in [2.75, 3.05) is 33.3 Å². The van der Waals surface area contributed by atoms with Crippen LogP contribution in [-0.4, -0.2) is 60.1 Å². The van der Waals surface area contributed by atoms with Gasteiger partial charge < -0.3 is 19.5 Å². The Morgan fingerprint density at radius 1 is 1.20 bits per heavy atom. The van der Waals surface area contributed by atoms with Gasteiger partial charge >= 0.3 is 6.09 Å². The summed E-state index contributed by atoms with van der Waals surface area (Å²) in [5.41, 5.74) is 3.16. The Labute approximate surface area is 118 Å². The molecule has 0 radical (unpaired) electrons. The number of carbonyl (C=O) groups excluding carboxylic acids is 2. The smallest absolute Gasteiger partial charge is 0.409 e. The lowest BCUT2D eigenvalue weighted by molar-refractivity contribution is -0.132. The number of aromatic amines is 1. The number of methoxy groups -OCH3 is 1. The van der Waals surface area contributed by atoms with Crippen molar-refractivity contribution in [3.8, 4) is 0 Å². The van der Waals surface area contributed by atoms with Crippen molar-refractivity contribution >= 4 is 12.0 Å². The number of aromatic nitrogens is 1. The van der Waals surface area contributed by atoms with E-state index in [4.69, 9.17) is 0 Å². The number of ether oxygens (including phenoxy) is 1. The zero-order chi connectivity index (χ0) is 14.7. The van der Waals surface area contributed by atoms with Gasteiger partial charge in [0.15, 0.2) is 0 Å². The third kappa shape index (κ3) is 3.12. The monoisotopic (exact) mass is 279 g/mol. The van der Waals surface area contributed by atoms with Gasteiger partial charge in [0.1, 0.15) is 0 Å². The molecule has 0 spiro atoms. The molecule has 0 unspecified atom stereocenters. The van der Waals surface area contributed by atoms with Gasteiger partial charge in [-0.15, -0.1) is 0 Å². The third-order valence-corrected chi connectivity index (χ3v) is 3.66. The lowest BCUT2D eigenvalue weighted by Gasteiger charge is -2.33. The normalized spacial score (nSPS) is 15.3. The highest BCUT2D eigenvalue weighted by molar-refractivity contribution is 5.79. The number of nitrogens with zero attached hydrogens (tertiary/aromatic N) is 2. The van der Waals surface area contributed by atoms with Gasteiger partial charge in [0.05, 0.1) is 13.5 Å². The van der Waals surface area contributed by atoms with Crippen LogP contribution in [0.25, 0.3) is 0 Å². The Hall–Kier alpha value is -1.98. The van der Waals surface area contributed by atoms with Crippen molar-refractivity contribution < 1.29 is 14.3 Å². The molecule has 2 heterocycles. The number of hydrogen-bond acceptors (Lipinski definition) is 3. The van der Waals surface area contributed by atoms with Gasteiger partial charge in [-0.25, -0.2) is 4.79 Å². The van der Waals surface area contributed by atoms with Crippen LogP contribution in [0.15, 0.2) is 6.07 Å². The minimum absolute atomic E-state index is 0.108. The van der Waals surface area contributed by atoms with Gasteiger partial charge in [-0.2, -0.15) is 0 Å². The first-order chi connectivity index (χ1) is 9.51. The number of H-pyrrole nitrogens is 1. The van der Waals surface area contributed by atoms with Crippen molar-refractivity contribution in [1.82, 2.24) is 14.8 Å². The molecule has 0 saturated carbocycles. The van der Waals surface area contributed by atoms with Crippen LogP contribution >= 0.6 is 0 Å². The first-order valence-corrected chi connectivity index (χ1v) is 6.77. The average molecular weight is 279 g/mol. The van der Waals surface area contributed by atoms with E-state index in [0.29, 0.717) is 32.6 Å². The summed E-state index contributed by atoms with van der Waals surface area (Å²) in [5, 5.41) is 0. The van der Waals surface area contributed by atoms with Crippen LogP contribution < -0.4 is 0 Å². The van der Waals surface area contributed by atoms with E-state index in [1.807, 2.05) is 19.9 Å². The lowest BCUT2D eigenvalue weighted by atomic mass is 10.1. The van der Waals surface area contributed by atoms with E-state index in [1.165, 1.54) is 7.11 Å². The first kappa shape index (κ1) is 14.4. The molecule has 6 nitrogen and oxygen atoms in total. The highest BCUT2D eigenvalue weighted by Crippen LogP contribution is 2.12. The summed E-state index contributed by atoms with van der Waals surface area (Å²) in [6, 6.07) is 2.01. The molecule has 0 aromatic carbocycles. The lowest BCUT2D eigenvalue weighted by Crippen LogP contribution is -2.50. The number of rotatable bonds is 2. The van der Waals surface area contributed by atoms with E-state index >= 15 is 0 Å². The molecule has 6 heteroatoms. The maximum Gasteiger partial charge on any atom is 0.409 e. The minimum Gasteiger partial charge on any atom is -0.453 e. The van der Waals surface area contributed by atoms with Crippen LogP contribution in [0.4, 0.5) is 4.79 Å². The second kappa shape index (κ2) is 5.98.